The third-order valence-corrected chi connectivity index (χ3v) is 8.73. The van der Waals surface area contributed by atoms with Gasteiger partial charge in [-0.15, -0.1) is 0 Å². The van der Waals surface area contributed by atoms with Crippen molar-refractivity contribution < 1.29 is 54.0 Å². The SMILES string of the molecule is O=C(O)CCC(NC(=O)NC(CCCCNC(=O)CCCCCCC(=O)NC(CCCCN(Cc1ccccn1)Cc1ccccn1)C(=O)O)C(=O)O)C(=O)O. The Morgan fingerprint density at radius 3 is 1.55 bits per heavy atom. The minimum atomic E-state index is -1.50. The third kappa shape index (κ3) is 21.3. The van der Waals surface area contributed by atoms with Crippen molar-refractivity contribution in [3.63, 3.8) is 0 Å². The number of unbranched alkanes of at least 4 members (excludes halogenated alkanes) is 5. The molecular formula is C38H55N7O11. The first-order valence-electron chi connectivity index (χ1n) is 18.9. The number of aromatic nitrogens is 2. The Balaban J connectivity index is 1.58. The third-order valence-electron chi connectivity index (χ3n) is 8.73. The van der Waals surface area contributed by atoms with Gasteiger partial charge in [0.15, 0.2) is 0 Å². The van der Waals surface area contributed by atoms with Gasteiger partial charge in [0.25, 0.3) is 0 Å². The summed E-state index contributed by atoms with van der Waals surface area (Å²) in [5, 5.41) is 46.6. The molecule has 308 valence electrons. The molecule has 4 amide bonds. The van der Waals surface area contributed by atoms with E-state index in [9.17, 15) is 43.8 Å². The van der Waals surface area contributed by atoms with Crippen molar-refractivity contribution in [3.8, 4) is 0 Å². The number of aliphatic carboxylic acids is 4. The van der Waals surface area contributed by atoms with Crippen LogP contribution in [0.4, 0.5) is 4.79 Å². The highest BCUT2D eigenvalue weighted by Gasteiger charge is 2.25. The van der Waals surface area contributed by atoms with Gasteiger partial charge in [-0.05, 0) is 88.6 Å². The summed E-state index contributed by atoms with van der Waals surface area (Å²) >= 11 is 0. The lowest BCUT2D eigenvalue weighted by molar-refractivity contribution is -0.142. The molecule has 2 heterocycles. The quantitative estimate of drug-likeness (QED) is 0.0529. The van der Waals surface area contributed by atoms with Crippen LogP contribution in [0.15, 0.2) is 48.8 Å². The monoisotopic (exact) mass is 785 g/mol. The van der Waals surface area contributed by atoms with Crippen molar-refractivity contribution in [3.05, 3.63) is 60.2 Å². The summed E-state index contributed by atoms with van der Waals surface area (Å²) in [6.07, 6.45) is 8.02. The first-order chi connectivity index (χ1) is 26.8. The Bertz CT molecular complexity index is 1490. The van der Waals surface area contributed by atoms with Crippen LogP contribution in [-0.2, 0) is 41.9 Å². The van der Waals surface area contributed by atoms with Crippen LogP contribution in [0.5, 0.6) is 0 Å². The van der Waals surface area contributed by atoms with Gasteiger partial charge in [-0.2, -0.15) is 0 Å². The fraction of sp³-hybridized carbons (Fsp3) is 0.553. The predicted molar refractivity (Wildman–Crippen MR) is 202 cm³/mol. The number of nitrogens with zero attached hydrogens (tertiary/aromatic N) is 3. The zero-order valence-electron chi connectivity index (χ0n) is 31.6. The molecule has 0 saturated heterocycles. The first-order valence-corrected chi connectivity index (χ1v) is 18.9. The molecule has 3 atom stereocenters. The highest BCUT2D eigenvalue weighted by molar-refractivity contribution is 5.86. The number of urea groups is 1. The van der Waals surface area contributed by atoms with Crippen molar-refractivity contribution in [2.75, 3.05) is 13.1 Å². The van der Waals surface area contributed by atoms with Gasteiger partial charge in [-0.25, -0.2) is 19.2 Å². The number of hydrogen-bond donors (Lipinski definition) is 8. The molecule has 0 aromatic carbocycles. The number of amides is 4. The van der Waals surface area contributed by atoms with Gasteiger partial charge < -0.3 is 41.7 Å². The zero-order chi connectivity index (χ0) is 41.1. The van der Waals surface area contributed by atoms with E-state index in [-0.39, 0.29) is 44.0 Å². The molecule has 0 radical (unpaired) electrons. The van der Waals surface area contributed by atoms with Crippen LogP contribution in [0.1, 0.15) is 101 Å². The Kier molecular flexibility index (Phi) is 22.4. The second kappa shape index (κ2) is 27.0. The van der Waals surface area contributed by atoms with E-state index >= 15 is 0 Å². The van der Waals surface area contributed by atoms with Gasteiger partial charge in [0.2, 0.25) is 11.8 Å². The smallest absolute Gasteiger partial charge is 0.326 e. The fourth-order valence-electron chi connectivity index (χ4n) is 5.72. The molecular weight excluding hydrogens is 730 g/mol. The summed E-state index contributed by atoms with van der Waals surface area (Å²) < 4.78 is 0. The standard InChI is InChI=1S/C38H55N7O11/c46-32(41-23-11-7-15-30(36(52)53)43-38(56)44-31(37(54)55)19-20-34(48)49)17-3-1-2-4-18-33(47)42-29(35(50)51)16-8-12-24-45(25-27-13-5-9-21-39-27)26-28-14-6-10-22-40-28/h5-6,9-10,13-14,21-22,29-31H,1-4,7-8,11-12,15-20,23-26H2,(H,41,46)(H,42,47)(H,48,49)(H,50,51)(H,52,53)(H,54,55)(H2,43,44,56). The van der Waals surface area contributed by atoms with Crippen molar-refractivity contribution >= 4 is 41.7 Å². The maximum absolute atomic E-state index is 12.5. The minimum absolute atomic E-state index is 0.0194. The van der Waals surface area contributed by atoms with Crippen molar-refractivity contribution in [2.45, 2.75) is 121 Å². The number of hydrogen-bond acceptors (Lipinski definition) is 10. The predicted octanol–water partition coefficient (Wildman–Crippen LogP) is 2.92. The summed E-state index contributed by atoms with van der Waals surface area (Å²) in [5.41, 5.74) is 1.85. The average molecular weight is 786 g/mol. The van der Waals surface area contributed by atoms with E-state index in [4.69, 9.17) is 10.2 Å². The van der Waals surface area contributed by atoms with E-state index in [2.05, 4.69) is 36.1 Å². The Morgan fingerprint density at radius 1 is 0.554 bits per heavy atom. The summed E-state index contributed by atoms with van der Waals surface area (Å²) in [4.78, 5) is 93.2. The van der Waals surface area contributed by atoms with Crippen molar-refractivity contribution in [1.29, 1.82) is 0 Å². The van der Waals surface area contributed by atoms with Gasteiger partial charge >= 0.3 is 29.9 Å². The largest absolute Gasteiger partial charge is 0.481 e. The van der Waals surface area contributed by atoms with Crippen LogP contribution >= 0.6 is 0 Å². The van der Waals surface area contributed by atoms with Crippen LogP contribution in [0.2, 0.25) is 0 Å². The topological polar surface area (TPSA) is 278 Å². The summed E-state index contributed by atoms with van der Waals surface area (Å²) in [6.45, 7) is 2.25. The first kappa shape index (κ1) is 46.5. The van der Waals surface area contributed by atoms with Crippen LogP contribution in [-0.4, -0.2) is 108 Å². The molecule has 0 aliphatic carbocycles. The van der Waals surface area contributed by atoms with E-state index < -0.39 is 54.5 Å². The normalized spacial score (nSPS) is 12.5. The second-order valence-electron chi connectivity index (χ2n) is 13.4. The van der Waals surface area contributed by atoms with Crippen LogP contribution in [0.3, 0.4) is 0 Å². The molecule has 8 N–H and O–H groups in total. The van der Waals surface area contributed by atoms with E-state index in [1.54, 1.807) is 12.4 Å². The Labute approximate surface area is 325 Å². The maximum atomic E-state index is 12.5. The maximum Gasteiger partial charge on any atom is 0.326 e. The van der Waals surface area contributed by atoms with Gasteiger partial charge in [0.1, 0.15) is 18.1 Å². The summed E-state index contributed by atoms with van der Waals surface area (Å²) in [5.74, 6) is -5.61. The molecule has 3 unspecified atom stereocenters. The lowest BCUT2D eigenvalue weighted by atomic mass is 10.1. The number of carboxylic acids is 4. The van der Waals surface area contributed by atoms with E-state index in [0.29, 0.717) is 71.0 Å². The van der Waals surface area contributed by atoms with Gasteiger partial charge in [-0.3, -0.25) is 29.3 Å². The number of carbonyl (C=O) groups is 7. The average Bonchev–Trinajstić information content (AvgIpc) is 3.15. The number of rotatable bonds is 30. The van der Waals surface area contributed by atoms with Gasteiger partial charge in [0.05, 0.1) is 11.4 Å². The summed E-state index contributed by atoms with van der Waals surface area (Å²) in [6, 6.07) is 6.67. The molecule has 0 bridgehead atoms. The van der Waals surface area contributed by atoms with Crippen LogP contribution in [0.25, 0.3) is 0 Å². The molecule has 0 fully saturated rings. The highest BCUT2D eigenvalue weighted by Crippen LogP contribution is 2.12. The molecule has 18 nitrogen and oxygen atoms in total. The van der Waals surface area contributed by atoms with Crippen LogP contribution < -0.4 is 21.3 Å². The molecule has 2 aromatic heterocycles. The van der Waals surface area contributed by atoms with E-state index in [0.717, 1.165) is 17.8 Å². The molecule has 56 heavy (non-hydrogen) atoms. The molecule has 0 spiro atoms. The van der Waals surface area contributed by atoms with E-state index in [1.807, 2.05) is 36.4 Å². The lowest BCUT2D eigenvalue weighted by Crippen LogP contribution is -2.51. The number of carbonyl (C=O) groups excluding carboxylic acids is 3. The highest BCUT2D eigenvalue weighted by atomic mass is 16.4. The Hall–Kier alpha value is -5.65. The Morgan fingerprint density at radius 2 is 1.05 bits per heavy atom. The van der Waals surface area contributed by atoms with Crippen molar-refractivity contribution in [1.82, 2.24) is 36.1 Å². The van der Waals surface area contributed by atoms with Crippen LogP contribution in [0, 0.1) is 0 Å². The van der Waals surface area contributed by atoms with Gasteiger partial charge in [0, 0.05) is 51.3 Å². The number of carboxylic acid groups (broad SMARTS) is 4. The molecule has 2 rings (SSSR count). The molecule has 0 aliphatic rings. The van der Waals surface area contributed by atoms with Gasteiger partial charge in [-0.1, -0.05) is 25.0 Å². The zero-order valence-corrected chi connectivity index (χ0v) is 31.6. The second-order valence-corrected chi connectivity index (χ2v) is 13.4. The molecule has 0 saturated carbocycles. The molecule has 18 heteroatoms. The minimum Gasteiger partial charge on any atom is -0.481 e. The molecule has 0 aliphatic heterocycles. The molecule has 2 aromatic rings. The fourth-order valence-corrected chi connectivity index (χ4v) is 5.72. The number of pyridine rings is 2. The number of nitrogens with one attached hydrogen (secondary N) is 4. The summed E-state index contributed by atoms with van der Waals surface area (Å²) in [7, 11) is 0. The lowest BCUT2D eigenvalue weighted by Gasteiger charge is -2.22. The van der Waals surface area contributed by atoms with E-state index in [1.165, 1.54) is 0 Å². The van der Waals surface area contributed by atoms with Crippen molar-refractivity contribution in [2.24, 2.45) is 0 Å².